The summed E-state index contributed by atoms with van der Waals surface area (Å²) in [4.78, 5) is 15.6. The molecular weight excluding hydrogens is 321 g/mol. The summed E-state index contributed by atoms with van der Waals surface area (Å²) in [7, 11) is 0. The van der Waals surface area contributed by atoms with Crippen LogP contribution in [0.4, 0.5) is 0 Å². The average molecular weight is 332 g/mol. The van der Waals surface area contributed by atoms with Crippen molar-refractivity contribution in [3.05, 3.63) is 63.8 Å². The zero-order valence-electron chi connectivity index (χ0n) is 11.6. The Kier molecular flexibility index (Phi) is 3.77. The predicted molar refractivity (Wildman–Crippen MR) is 88.9 cm³/mol. The molecule has 0 unspecified atom stereocenters. The molecule has 3 nitrogen and oxygen atoms in total. The van der Waals surface area contributed by atoms with Crippen LogP contribution in [0.2, 0.25) is 10.0 Å². The van der Waals surface area contributed by atoms with Crippen LogP contribution >= 0.6 is 23.2 Å². The fourth-order valence-corrected chi connectivity index (χ4v) is 2.89. The normalized spacial score (nSPS) is 10.9. The van der Waals surface area contributed by atoms with E-state index in [1.54, 1.807) is 24.4 Å². The quantitative estimate of drug-likeness (QED) is 0.700. The first-order valence-electron chi connectivity index (χ1n) is 6.55. The van der Waals surface area contributed by atoms with E-state index in [2.05, 4.69) is 4.98 Å². The summed E-state index contributed by atoms with van der Waals surface area (Å²) in [6, 6.07) is 10.3. The number of aryl methyl sites for hydroxylation is 1. The Bertz CT molecular complexity index is 907. The van der Waals surface area contributed by atoms with Crippen molar-refractivity contribution < 1.29 is 9.90 Å². The van der Waals surface area contributed by atoms with E-state index in [-0.39, 0.29) is 5.56 Å². The standard InChI is InChI=1S/C17H11Cl2NO2/c1-9-6-11(18)3-5-12(9)16-14-7-10(17(21)22)2-4-13(14)15(19)8-20-16/h2-8H,1H3,(H,21,22). The second-order valence-electron chi connectivity index (χ2n) is 4.98. The van der Waals surface area contributed by atoms with E-state index >= 15 is 0 Å². The monoisotopic (exact) mass is 331 g/mol. The molecule has 0 saturated carbocycles. The van der Waals surface area contributed by atoms with Crippen LogP contribution in [0.15, 0.2) is 42.6 Å². The number of nitrogens with zero attached hydrogens (tertiary/aromatic N) is 1. The zero-order valence-corrected chi connectivity index (χ0v) is 13.1. The van der Waals surface area contributed by atoms with Crippen LogP contribution in [0.1, 0.15) is 15.9 Å². The highest BCUT2D eigenvalue weighted by Crippen LogP contribution is 2.34. The van der Waals surface area contributed by atoms with Crippen LogP contribution in [-0.2, 0) is 0 Å². The first kappa shape index (κ1) is 14.8. The van der Waals surface area contributed by atoms with E-state index in [0.29, 0.717) is 21.1 Å². The molecule has 0 aliphatic carbocycles. The van der Waals surface area contributed by atoms with Crippen molar-refractivity contribution in [2.45, 2.75) is 6.92 Å². The second kappa shape index (κ2) is 5.59. The van der Waals surface area contributed by atoms with E-state index in [0.717, 1.165) is 16.5 Å². The number of aromatic carboxylic acids is 1. The molecule has 0 aliphatic rings. The van der Waals surface area contributed by atoms with Crippen molar-refractivity contribution in [1.82, 2.24) is 4.98 Å². The number of carboxylic acids is 1. The first-order valence-corrected chi connectivity index (χ1v) is 7.31. The fourth-order valence-electron chi connectivity index (χ4n) is 2.45. The molecule has 3 aromatic rings. The third-order valence-electron chi connectivity index (χ3n) is 3.53. The lowest BCUT2D eigenvalue weighted by atomic mass is 9.99. The van der Waals surface area contributed by atoms with Crippen molar-refractivity contribution in [2.75, 3.05) is 0 Å². The van der Waals surface area contributed by atoms with Gasteiger partial charge in [0.2, 0.25) is 0 Å². The molecule has 0 amide bonds. The Balaban J connectivity index is 2.35. The number of pyridine rings is 1. The van der Waals surface area contributed by atoms with E-state index in [1.807, 2.05) is 19.1 Å². The largest absolute Gasteiger partial charge is 0.478 e. The highest BCUT2D eigenvalue weighted by molar-refractivity contribution is 6.36. The summed E-state index contributed by atoms with van der Waals surface area (Å²) in [5.41, 5.74) is 2.75. The van der Waals surface area contributed by atoms with E-state index < -0.39 is 5.97 Å². The summed E-state index contributed by atoms with van der Waals surface area (Å²) in [5, 5.41) is 11.8. The van der Waals surface area contributed by atoms with Gasteiger partial charge in [0.1, 0.15) is 0 Å². The van der Waals surface area contributed by atoms with Gasteiger partial charge in [0.25, 0.3) is 0 Å². The number of fused-ring (bicyclic) bond motifs is 1. The lowest BCUT2D eigenvalue weighted by Gasteiger charge is -2.11. The van der Waals surface area contributed by atoms with E-state index in [4.69, 9.17) is 23.2 Å². The minimum atomic E-state index is -0.986. The van der Waals surface area contributed by atoms with Crippen molar-refractivity contribution in [2.24, 2.45) is 0 Å². The van der Waals surface area contributed by atoms with E-state index in [9.17, 15) is 9.90 Å². The third-order valence-corrected chi connectivity index (χ3v) is 4.07. The molecule has 5 heteroatoms. The maximum absolute atomic E-state index is 11.2. The van der Waals surface area contributed by atoms with Gasteiger partial charge in [0.05, 0.1) is 16.3 Å². The summed E-state index contributed by atoms with van der Waals surface area (Å²) >= 11 is 12.2. The number of halogens is 2. The second-order valence-corrected chi connectivity index (χ2v) is 5.82. The summed E-state index contributed by atoms with van der Waals surface area (Å²) in [5.74, 6) is -0.986. The van der Waals surface area contributed by atoms with Crippen LogP contribution in [-0.4, -0.2) is 16.1 Å². The molecule has 0 radical (unpaired) electrons. The molecule has 0 spiro atoms. The molecule has 1 heterocycles. The topological polar surface area (TPSA) is 50.2 Å². The number of carboxylic acid groups (broad SMARTS) is 1. The number of hydrogen-bond acceptors (Lipinski definition) is 2. The molecule has 0 aliphatic heterocycles. The molecule has 0 bridgehead atoms. The highest BCUT2D eigenvalue weighted by atomic mass is 35.5. The van der Waals surface area contributed by atoms with Gasteiger partial charge in [-0.1, -0.05) is 35.3 Å². The van der Waals surface area contributed by atoms with Crippen LogP contribution in [0.5, 0.6) is 0 Å². The van der Waals surface area contributed by atoms with Crippen LogP contribution in [0, 0.1) is 6.92 Å². The molecule has 1 N–H and O–H groups in total. The lowest BCUT2D eigenvalue weighted by molar-refractivity contribution is 0.0697. The Morgan fingerprint density at radius 2 is 1.86 bits per heavy atom. The van der Waals surface area contributed by atoms with Gasteiger partial charge in [0.15, 0.2) is 0 Å². The molecular formula is C17H11Cl2NO2. The number of aromatic nitrogens is 1. The Morgan fingerprint density at radius 1 is 1.09 bits per heavy atom. The van der Waals surface area contributed by atoms with Crippen molar-refractivity contribution in [3.8, 4) is 11.3 Å². The highest BCUT2D eigenvalue weighted by Gasteiger charge is 2.13. The fraction of sp³-hybridized carbons (Fsp3) is 0.0588. The van der Waals surface area contributed by atoms with Gasteiger partial charge >= 0.3 is 5.97 Å². The molecule has 3 rings (SSSR count). The average Bonchev–Trinajstić information content (AvgIpc) is 2.48. The third kappa shape index (κ3) is 2.54. The predicted octanol–water partition coefficient (Wildman–Crippen LogP) is 5.22. The van der Waals surface area contributed by atoms with Crippen LogP contribution in [0.25, 0.3) is 22.0 Å². The number of rotatable bonds is 2. The Labute approximate surface area is 137 Å². The van der Waals surface area contributed by atoms with E-state index in [1.165, 1.54) is 6.07 Å². The van der Waals surface area contributed by atoms with Crippen LogP contribution < -0.4 is 0 Å². The summed E-state index contributed by atoms with van der Waals surface area (Å²) in [6.45, 7) is 1.93. The van der Waals surface area contributed by atoms with Crippen LogP contribution in [0.3, 0.4) is 0 Å². The molecule has 1 aromatic heterocycles. The van der Waals surface area contributed by atoms with Gasteiger partial charge in [-0.25, -0.2) is 4.79 Å². The lowest BCUT2D eigenvalue weighted by Crippen LogP contribution is -1.97. The van der Waals surface area contributed by atoms with Gasteiger partial charge in [-0.15, -0.1) is 0 Å². The Morgan fingerprint density at radius 3 is 2.55 bits per heavy atom. The maximum Gasteiger partial charge on any atom is 0.335 e. The molecule has 0 fully saturated rings. The SMILES string of the molecule is Cc1cc(Cl)ccc1-c1ncc(Cl)c2ccc(C(=O)O)cc12. The Hall–Kier alpha value is -2.10. The zero-order chi connectivity index (χ0) is 15.9. The molecule has 2 aromatic carbocycles. The number of hydrogen-bond donors (Lipinski definition) is 1. The minimum absolute atomic E-state index is 0.199. The van der Waals surface area contributed by atoms with Gasteiger partial charge < -0.3 is 5.11 Å². The van der Waals surface area contributed by atoms with Crippen molar-refractivity contribution in [3.63, 3.8) is 0 Å². The first-order chi connectivity index (χ1) is 10.5. The summed E-state index contributed by atoms with van der Waals surface area (Å²) < 4.78 is 0. The smallest absolute Gasteiger partial charge is 0.335 e. The van der Waals surface area contributed by atoms with Crippen molar-refractivity contribution in [1.29, 1.82) is 0 Å². The minimum Gasteiger partial charge on any atom is -0.478 e. The van der Waals surface area contributed by atoms with Gasteiger partial charge in [-0.2, -0.15) is 0 Å². The molecule has 0 saturated heterocycles. The number of benzene rings is 2. The van der Waals surface area contributed by atoms with Gasteiger partial charge in [-0.05, 0) is 36.8 Å². The molecule has 110 valence electrons. The van der Waals surface area contributed by atoms with Gasteiger partial charge in [-0.3, -0.25) is 4.98 Å². The maximum atomic E-state index is 11.2. The van der Waals surface area contributed by atoms with Gasteiger partial charge in [0, 0.05) is 27.6 Å². The molecule has 0 atom stereocenters. The summed E-state index contributed by atoms with van der Waals surface area (Å²) in [6.07, 6.45) is 1.58. The molecule has 22 heavy (non-hydrogen) atoms. The van der Waals surface area contributed by atoms with Crippen molar-refractivity contribution >= 4 is 39.9 Å². The number of carbonyl (C=O) groups is 1.